The zero-order valence-electron chi connectivity index (χ0n) is 15.7. The summed E-state index contributed by atoms with van der Waals surface area (Å²) in [7, 11) is 3.53. The normalized spacial score (nSPS) is 17.1. The van der Waals surface area contributed by atoms with Gasteiger partial charge in [0.25, 0.3) is 0 Å². The molecule has 0 aromatic carbocycles. The molecule has 1 fully saturated rings. The van der Waals surface area contributed by atoms with Gasteiger partial charge in [0.05, 0.1) is 0 Å². The minimum Gasteiger partial charge on any atom is -0.385 e. The van der Waals surface area contributed by atoms with Gasteiger partial charge < -0.3 is 25.6 Å². The molecule has 1 heterocycles. The van der Waals surface area contributed by atoms with Gasteiger partial charge >= 0.3 is 0 Å². The first-order valence-electron chi connectivity index (χ1n) is 9.03. The smallest absolute Gasteiger partial charge is 0.222 e. The van der Waals surface area contributed by atoms with Crippen molar-refractivity contribution in [2.24, 2.45) is 10.9 Å². The molecule has 0 aromatic rings. The molecule has 7 heteroatoms. The van der Waals surface area contributed by atoms with Gasteiger partial charge in [-0.2, -0.15) is 0 Å². The van der Waals surface area contributed by atoms with Gasteiger partial charge in [0.15, 0.2) is 5.96 Å². The summed E-state index contributed by atoms with van der Waals surface area (Å²) < 4.78 is 5.11. The maximum atomic E-state index is 11.5. The second-order valence-electron chi connectivity index (χ2n) is 6.55. The number of carbonyl (C=O) groups is 1. The summed E-state index contributed by atoms with van der Waals surface area (Å²) >= 11 is 0. The summed E-state index contributed by atoms with van der Waals surface area (Å²) in [5, 5.41) is 9.63. The maximum absolute atomic E-state index is 11.5. The number of piperidine rings is 1. The van der Waals surface area contributed by atoms with Crippen LogP contribution in [-0.2, 0) is 9.53 Å². The van der Waals surface area contributed by atoms with Crippen molar-refractivity contribution in [1.82, 2.24) is 20.9 Å². The lowest BCUT2D eigenvalue weighted by Crippen LogP contribution is -2.50. The van der Waals surface area contributed by atoms with E-state index in [2.05, 4.69) is 25.8 Å². The lowest BCUT2D eigenvalue weighted by Gasteiger charge is -2.33. The first-order valence-corrected chi connectivity index (χ1v) is 9.03. The molecule has 0 aromatic heterocycles. The first-order chi connectivity index (χ1) is 11.6. The number of carbonyl (C=O) groups excluding carboxylic acids is 1. The highest BCUT2D eigenvalue weighted by atomic mass is 16.5. The molecule has 0 aliphatic carbocycles. The Hall–Kier alpha value is -1.34. The van der Waals surface area contributed by atoms with Crippen LogP contribution >= 0.6 is 0 Å². The van der Waals surface area contributed by atoms with Crippen molar-refractivity contribution >= 4 is 11.9 Å². The monoisotopic (exact) mass is 341 g/mol. The fourth-order valence-electron chi connectivity index (χ4n) is 2.69. The number of amides is 1. The van der Waals surface area contributed by atoms with Crippen molar-refractivity contribution in [3.8, 4) is 0 Å². The topological polar surface area (TPSA) is 78.0 Å². The zero-order valence-corrected chi connectivity index (χ0v) is 15.7. The molecular weight excluding hydrogens is 306 g/mol. The van der Waals surface area contributed by atoms with Gasteiger partial charge in [-0.3, -0.25) is 9.79 Å². The zero-order chi connectivity index (χ0) is 17.8. The molecule has 7 nitrogen and oxygen atoms in total. The van der Waals surface area contributed by atoms with Crippen molar-refractivity contribution in [1.29, 1.82) is 0 Å². The Morgan fingerprint density at radius 2 is 1.92 bits per heavy atom. The molecule has 3 N–H and O–H groups in total. The fraction of sp³-hybridized carbons (Fsp3) is 0.882. The minimum atomic E-state index is 0.0245. The second kappa shape index (κ2) is 12.1. The van der Waals surface area contributed by atoms with Crippen LogP contribution in [0.15, 0.2) is 4.99 Å². The average molecular weight is 342 g/mol. The van der Waals surface area contributed by atoms with Crippen LogP contribution in [0.1, 0.15) is 33.1 Å². The van der Waals surface area contributed by atoms with E-state index in [9.17, 15) is 4.79 Å². The Morgan fingerprint density at radius 3 is 2.50 bits per heavy atom. The molecule has 0 atom stereocenters. The van der Waals surface area contributed by atoms with Crippen molar-refractivity contribution in [2.45, 2.75) is 39.2 Å². The highest BCUT2D eigenvalue weighted by molar-refractivity contribution is 5.80. The molecule has 1 rings (SSSR count). The summed E-state index contributed by atoms with van der Waals surface area (Å²) in [6.07, 6.45) is 3.34. The maximum Gasteiger partial charge on any atom is 0.222 e. The third-order valence-electron chi connectivity index (χ3n) is 4.22. The minimum absolute atomic E-state index is 0.0245. The van der Waals surface area contributed by atoms with Gasteiger partial charge in [-0.1, -0.05) is 13.8 Å². The van der Waals surface area contributed by atoms with Crippen LogP contribution < -0.4 is 16.0 Å². The number of hydrogen-bond acceptors (Lipinski definition) is 4. The Labute approximate surface area is 146 Å². The number of nitrogens with one attached hydrogen (secondary N) is 3. The molecule has 1 amide bonds. The summed E-state index contributed by atoms with van der Waals surface area (Å²) in [5.74, 6) is 0.920. The fourth-order valence-corrected chi connectivity index (χ4v) is 2.69. The van der Waals surface area contributed by atoms with Crippen LogP contribution in [0.3, 0.4) is 0 Å². The van der Waals surface area contributed by atoms with E-state index >= 15 is 0 Å². The molecule has 140 valence electrons. The van der Waals surface area contributed by atoms with Gasteiger partial charge in [0.1, 0.15) is 0 Å². The van der Waals surface area contributed by atoms with E-state index in [4.69, 9.17) is 4.74 Å². The van der Waals surface area contributed by atoms with E-state index in [1.807, 2.05) is 13.8 Å². The molecule has 1 aliphatic rings. The highest BCUT2D eigenvalue weighted by Crippen LogP contribution is 2.10. The Balaban J connectivity index is 2.17. The number of likely N-dealkylation sites (tertiary alicyclic amines) is 1. The van der Waals surface area contributed by atoms with Crippen LogP contribution in [0.5, 0.6) is 0 Å². The molecule has 0 unspecified atom stereocenters. The molecule has 1 aliphatic heterocycles. The largest absolute Gasteiger partial charge is 0.385 e. The lowest BCUT2D eigenvalue weighted by molar-refractivity contribution is -0.123. The number of aliphatic imine (C=N–C) groups is 1. The van der Waals surface area contributed by atoms with Crippen LogP contribution in [0.25, 0.3) is 0 Å². The van der Waals surface area contributed by atoms with E-state index in [-0.39, 0.29) is 11.8 Å². The third kappa shape index (κ3) is 8.49. The Morgan fingerprint density at radius 1 is 1.25 bits per heavy atom. The van der Waals surface area contributed by atoms with Gasteiger partial charge in [-0.05, 0) is 19.3 Å². The number of ether oxygens (including phenoxy) is 1. The molecule has 1 saturated heterocycles. The first kappa shape index (κ1) is 20.7. The van der Waals surface area contributed by atoms with Crippen molar-refractivity contribution < 1.29 is 9.53 Å². The van der Waals surface area contributed by atoms with Crippen LogP contribution in [0, 0.1) is 5.92 Å². The van der Waals surface area contributed by atoms with E-state index < -0.39 is 0 Å². The molecule has 0 spiro atoms. The Bertz CT molecular complexity index is 379. The van der Waals surface area contributed by atoms with Crippen molar-refractivity contribution in [3.05, 3.63) is 0 Å². The summed E-state index contributed by atoms with van der Waals surface area (Å²) in [6.45, 7) is 9.25. The number of hydrogen-bond donors (Lipinski definition) is 3. The third-order valence-corrected chi connectivity index (χ3v) is 4.22. The predicted molar refractivity (Wildman–Crippen MR) is 98.3 cm³/mol. The second-order valence-corrected chi connectivity index (χ2v) is 6.55. The van der Waals surface area contributed by atoms with E-state index in [0.717, 1.165) is 51.5 Å². The van der Waals surface area contributed by atoms with Crippen molar-refractivity contribution in [2.75, 3.05) is 53.5 Å². The van der Waals surface area contributed by atoms with Crippen LogP contribution in [0.2, 0.25) is 0 Å². The molecular formula is C17H35N5O2. The molecule has 0 bridgehead atoms. The van der Waals surface area contributed by atoms with Crippen molar-refractivity contribution in [3.63, 3.8) is 0 Å². The molecule has 0 radical (unpaired) electrons. The number of nitrogens with zero attached hydrogens (tertiary/aromatic N) is 2. The summed E-state index contributed by atoms with van der Waals surface area (Å²) in [4.78, 5) is 18.3. The van der Waals surface area contributed by atoms with Gasteiger partial charge in [0.2, 0.25) is 5.91 Å². The van der Waals surface area contributed by atoms with E-state index in [1.165, 1.54) is 0 Å². The quantitative estimate of drug-likeness (QED) is 0.322. The number of rotatable bonds is 9. The highest BCUT2D eigenvalue weighted by Gasteiger charge is 2.19. The lowest BCUT2D eigenvalue weighted by atomic mass is 10.1. The van der Waals surface area contributed by atoms with Crippen LogP contribution in [0.4, 0.5) is 0 Å². The standard InChI is InChI=1S/C17H35N5O2/c1-14(2)16(23)19-8-9-20-17(18-3)21-15-6-11-22(12-7-15)10-5-13-24-4/h14-15H,5-13H2,1-4H3,(H,19,23)(H2,18,20,21). The summed E-state index contributed by atoms with van der Waals surface area (Å²) in [5.41, 5.74) is 0. The van der Waals surface area contributed by atoms with E-state index in [1.54, 1.807) is 14.2 Å². The van der Waals surface area contributed by atoms with Gasteiger partial charge in [-0.15, -0.1) is 0 Å². The number of methoxy groups -OCH3 is 1. The summed E-state index contributed by atoms with van der Waals surface area (Å²) in [6, 6.07) is 0.458. The SMILES string of the molecule is CN=C(NCCNC(=O)C(C)C)NC1CCN(CCCOC)CC1. The van der Waals surface area contributed by atoms with Gasteiger partial charge in [0, 0.05) is 65.4 Å². The molecule has 24 heavy (non-hydrogen) atoms. The van der Waals surface area contributed by atoms with Crippen LogP contribution in [-0.4, -0.2) is 76.3 Å². The van der Waals surface area contributed by atoms with Gasteiger partial charge in [-0.25, -0.2) is 0 Å². The average Bonchev–Trinajstić information content (AvgIpc) is 2.58. The predicted octanol–water partition coefficient (Wildman–Crippen LogP) is 0.425. The molecule has 0 saturated carbocycles. The Kier molecular flexibility index (Phi) is 10.4. The number of guanidine groups is 1. The van der Waals surface area contributed by atoms with E-state index in [0.29, 0.717) is 19.1 Å².